The molecule has 0 N–H and O–H groups in total. The van der Waals surface area contributed by atoms with Gasteiger partial charge in [0.05, 0.1) is 30.5 Å². The normalized spacial score (nSPS) is 18.2. The summed E-state index contributed by atoms with van der Waals surface area (Å²) >= 11 is 6.21. The number of hydrogen-bond donors (Lipinski definition) is 0. The van der Waals surface area contributed by atoms with Crippen LogP contribution < -0.4 is 0 Å². The minimum absolute atomic E-state index is 0.127. The van der Waals surface area contributed by atoms with Gasteiger partial charge in [0.15, 0.2) is 5.69 Å². The van der Waals surface area contributed by atoms with Crippen LogP contribution in [0.5, 0.6) is 0 Å². The molecule has 1 amide bonds. The van der Waals surface area contributed by atoms with E-state index in [1.807, 2.05) is 43.8 Å². The second-order valence-corrected chi connectivity index (χ2v) is 6.62. The van der Waals surface area contributed by atoms with Gasteiger partial charge in [0.1, 0.15) is 5.82 Å². The van der Waals surface area contributed by atoms with Crippen molar-refractivity contribution in [2.75, 3.05) is 19.8 Å². The van der Waals surface area contributed by atoms with E-state index in [0.29, 0.717) is 25.6 Å². The maximum absolute atomic E-state index is 13.1. The molecule has 0 aromatic carbocycles. The molecule has 0 saturated carbocycles. The lowest BCUT2D eigenvalue weighted by Crippen LogP contribution is -2.44. The van der Waals surface area contributed by atoms with Gasteiger partial charge in [-0.05, 0) is 12.1 Å². The number of carbonyl (C=O) groups excluding carboxylic acids is 1. The van der Waals surface area contributed by atoms with Crippen LogP contribution in [-0.2, 0) is 11.8 Å². The minimum atomic E-state index is -0.182. The van der Waals surface area contributed by atoms with Crippen LogP contribution in [0.4, 0.5) is 0 Å². The highest BCUT2D eigenvalue weighted by Crippen LogP contribution is 2.27. The molecular weight excluding hydrogens is 328 g/mol. The molecule has 128 valence electrons. The van der Waals surface area contributed by atoms with Crippen molar-refractivity contribution < 1.29 is 9.53 Å². The quantitative estimate of drug-likeness (QED) is 0.855. The van der Waals surface area contributed by atoms with Gasteiger partial charge >= 0.3 is 0 Å². The van der Waals surface area contributed by atoms with Crippen molar-refractivity contribution in [2.45, 2.75) is 25.8 Å². The zero-order chi connectivity index (χ0) is 17.3. The van der Waals surface area contributed by atoms with E-state index in [-0.39, 0.29) is 28.6 Å². The summed E-state index contributed by atoms with van der Waals surface area (Å²) < 4.78 is 7.60. The standard InChI is InChI=1S/C17H21ClN4O2/c1-11(2)16-19-9-12(18)15(20-16)17(23)22-7-8-24-10-14(22)13-5-4-6-21(13)3/h4-6,9,11,14H,7-8,10H2,1-3H3/t14-/m1/s1. The summed E-state index contributed by atoms with van der Waals surface area (Å²) in [5.41, 5.74) is 1.29. The van der Waals surface area contributed by atoms with Gasteiger partial charge in [-0.25, -0.2) is 9.97 Å². The summed E-state index contributed by atoms with van der Waals surface area (Å²) in [6.07, 6.45) is 3.47. The number of morpholine rings is 1. The third-order valence-electron chi connectivity index (χ3n) is 4.20. The van der Waals surface area contributed by atoms with Crippen LogP contribution in [-0.4, -0.2) is 45.1 Å². The third kappa shape index (κ3) is 3.16. The minimum Gasteiger partial charge on any atom is -0.377 e. The average Bonchev–Trinajstić information content (AvgIpc) is 3.00. The molecule has 2 aromatic rings. The van der Waals surface area contributed by atoms with E-state index in [0.717, 1.165) is 5.69 Å². The van der Waals surface area contributed by atoms with Crippen molar-refractivity contribution in [2.24, 2.45) is 7.05 Å². The van der Waals surface area contributed by atoms with Gasteiger partial charge in [0.2, 0.25) is 0 Å². The van der Waals surface area contributed by atoms with Gasteiger partial charge in [-0.15, -0.1) is 0 Å². The van der Waals surface area contributed by atoms with Gasteiger partial charge in [0, 0.05) is 31.4 Å². The molecule has 0 bridgehead atoms. The second kappa shape index (κ2) is 6.91. The zero-order valence-corrected chi connectivity index (χ0v) is 14.8. The molecular formula is C17H21ClN4O2. The molecule has 3 heterocycles. The molecule has 1 aliphatic heterocycles. The maximum Gasteiger partial charge on any atom is 0.274 e. The number of hydrogen-bond acceptors (Lipinski definition) is 4. The SMILES string of the molecule is CC(C)c1ncc(Cl)c(C(=O)N2CCOC[C@@H]2c2cccn2C)n1. The lowest BCUT2D eigenvalue weighted by molar-refractivity contribution is -0.00495. The Morgan fingerprint density at radius 2 is 2.25 bits per heavy atom. The Morgan fingerprint density at radius 3 is 2.92 bits per heavy atom. The average molecular weight is 349 g/mol. The number of amides is 1. The Kier molecular flexibility index (Phi) is 4.87. The van der Waals surface area contributed by atoms with Crippen LogP contribution in [0.1, 0.15) is 47.8 Å². The summed E-state index contributed by atoms with van der Waals surface area (Å²) in [7, 11) is 1.96. The van der Waals surface area contributed by atoms with Crippen LogP contribution in [0.3, 0.4) is 0 Å². The number of ether oxygens (including phenoxy) is 1. The number of nitrogens with zero attached hydrogens (tertiary/aromatic N) is 4. The van der Waals surface area contributed by atoms with E-state index >= 15 is 0 Å². The maximum atomic E-state index is 13.1. The molecule has 24 heavy (non-hydrogen) atoms. The molecule has 0 radical (unpaired) electrons. The molecule has 7 heteroatoms. The topological polar surface area (TPSA) is 60.3 Å². The number of halogens is 1. The molecule has 1 saturated heterocycles. The molecule has 6 nitrogen and oxygen atoms in total. The Labute approximate surface area is 146 Å². The molecule has 3 rings (SSSR count). The van der Waals surface area contributed by atoms with E-state index in [9.17, 15) is 4.79 Å². The molecule has 0 aliphatic carbocycles. The summed E-state index contributed by atoms with van der Waals surface area (Å²) in [4.78, 5) is 23.5. The Balaban J connectivity index is 1.95. The fourth-order valence-corrected chi connectivity index (χ4v) is 3.03. The van der Waals surface area contributed by atoms with Gasteiger partial charge in [-0.3, -0.25) is 4.79 Å². The highest BCUT2D eigenvalue weighted by Gasteiger charge is 2.32. The van der Waals surface area contributed by atoms with Gasteiger partial charge in [-0.1, -0.05) is 25.4 Å². The number of carbonyl (C=O) groups is 1. The van der Waals surface area contributed by atoms with E-state index in [1.165, 1.54) is 6.20 Å². The molecule has 1 atom stereocenters. The predicted molar refractivity (Wildman–Crippen MR) is 91.1 cm³/mol. The summed E-state index contributed by atoms with van der Waals surface area (Å²) in [5, 5.41) is 0.279. The smallest absolute Gasteiger partial charge is 0.274 e. The largest absolute Gasteiger partial charge is 0.377 e. The highest BCUT2D eigenvalue weighted by atomic mass is 35.5. The van der Waals surface area contributed by atoms with Crippen molar-refractivity contribution >= 4 is 17.5 Å². The third-order valence-corrected chi connectivity index (χ3v) is 4.47. The van der Waals surface area contributed by atoms with E-state index in [4.69, 9.17) is 16.3 Å². The van der Waals surface area contributed by atoms with Crippen molar-refractivity contribution in [1.82, 2.24) is 19.4 Å². The zero-order valence-electron chi connectivity index (χ0n) is 14.1. The number of aryl methyl sites for hydroxylation is 1. The van der Waals surface area contributed by atoms with Crippen molar-refractivity contribution in [1.29, 1.82) is 0 Å². The van der Waals surface area contributed by atoms with Crippen LogP contribution in [0.15, 0.2) is 24.5 Å². The van der Waals surface area contributed by atoms with Crippen LogP contribution >= 0.6 is 11.6 Å². The molecule has 2 aromatic heterocycles. The van der Waals surface area contributed by atoms with Crippen molar-refractivity contribution in [3.8, 4) is 0 Å². The Bertz CT molecular complexity index is 744. The van der Waals surface area contributed by atoms with E-state index in [1.54, 1.807) is 4.90 Å². The Morgan fingerprint density at radius 1 is 1.46 bits per heavy atom. The first-order chi connectivity index (χ1) is 11.5. The van der Waals surface area contributed by atoms with Crippen LogP contribution in [0.2, 0.25) is 5.02 Å². The van der Waals surface area contributed by atoms with Crippen molar-refractivity contribution in [3.05, 3.63) is 46.8 Å². The summed E-state index contributed by atoms with van der Waals surface area (Å²) in [6, 6.07) is 3.81. The van der Waals surface area contributed by atoms with Gasteiger partial charge in [0.25, 0.3) is 5.91 Å². The first-order valence-electron chi connectivity index (χ1n) is 8.01. The van der Waals surface area contributed by atoms with Crippen LogP contribution in [0, 0.1) is 0 Å². The highest BCUT2D eigenvalue weighted by molar-refractivity contribution is 6.33. The number of aromatic nitrogens is 3. The van der Waals surface area contributed by atoms with E-state index < -0.39 is 0 Å². The van der Waals surface area contributed by atoms with E-state index in [2.05, 4.69) is 9.97 Å². The summed E-state index contributed by atoms with van der Waals surface area (Å²) in [5.74, 6) is 0.562. The first-order valence-corrected chi connectivity index (χ1v) is 8.39. The monoisotopic (exact) mass is 348 g/mol. The molecule has 0 spiro atoms. The first kappa shape index (κ1) is 16.9. The molecule has 0 unspecified atom stereocenters. The fourth-order valence-electron chi connectivity index (χ4n) is 2.86. The number of rotatable bonds is 3. The lowest BCUT2D eigenvalue weighted by atomic mass is 10.1. The Hall–Kier alpha value is -1.92. The van der Waals surface area contributed by atoms with Crippen molar-refractivity contribution in [3.63, 3.8) is 0 Å². The second-order valence-electron chi connectivity index (χ2n) is 6.21. The van der Waals surface area contributed by atoms with Gasteiger partial charge in [-0.2, -0.15) is 0 Å². The summed E-state index contributed by atoms with van der Waals surface area (Å²) in [6.45, 7) is 5.44. The fraction of sp³-hybridized carbons (Fsp3) is 0.471. The molecule has 1 aliphatic rings. The van der Waals surface area contributed by atoms with Gasteiger partial charge < -0.3 is 14.2 Å². The van der Waals surface area contributed by atoms with Crippen LogP contribution in [0.25, 0.3) is 0 Å². The lowest BCUT2D eigenvalue weighted by Gasteiger charge is -2.35. The predicted octanol–water partition coefficient (Wildman–Crippen LogP) is 2.81. The molecule has 1 fully saturated rings.